The first kappa shape index (κ1) is 17.4. The van der Waals surface area contributed by atoms with E-state index in [-0.39, 0.29) is 5.91 Å². The van der Waals surface area contributed by atoms with Crippen LogP contribution >= 0.6 is 27.3 Å². The van der Waals surface area contributed by atoms with Crippen LogP contribution in [0.4, 0.5) is 0 Å². The Balaban J connectivity index is 1.65. The molecular weight excluding hydrogens is 400 g/mol. The van der Waals surface area contributed by atoms with E-state index in [2.05, 4.69) is 26.5 Å². The zero-order valence-corrected chi connectivity index (χ0v) is 15.6. The zero-order valence-electron chi connectivity index (χ0n) is 13.2. The summed E-state index contributed by atoms with van der Waals surface area (Å²) in [6.45, 7) is 0.400. The van der Waals surface area contributed by atoms with E-state index in [1.807, 2.05) is 48.5 Å². The smallest absolute Gasteiger partial charge is 0.275 e. The minimum Gasteiger partial charge on any atom is -0.488 e. The molecule has 1 N–H and O–H groups in total. The number of ether oxygens (including phenoxy) is 1. The van der Waals surface area contributed by atoms with Gasteiger partial charge in [-0.1, -0.05) is 42.5 Å². The molecule has 3 rings (SSSR count). The van der Waals surface area contributed by atoms with Crippen LogP contribution in [0.15, 0.2) is 75.6 Å². The van der Waals surface area contributed by atoms with Crippen LogP contribution in [0.5, 0.6) is 5.75 Å². The third-order valence-electron chi connectivity index (χ3n) is 3.32. The molecule has 0 fully saturated rings. The Bertz CT molecular complexity index is 878. The lowest BCUT2D eigenvalue weighted by Crippen LogP contribution is -2.18. The Kier molecular flexibility index (Phi) is 5.98. The number of amides is 1. The molecule has 3 aromatic rings. The fourth-order valence-corrected chi connectivity index (χ4v) is 3.42. The summed E-state index contributed by atoms with van der Waals surface area (Å²) >= 11 is 4.92. The van der Waals surface area contributed by atoms with Gasteiger partial charge in [0, 0.05) is 4.88 Å². The maximum atomic E-state index is 12.4. The molecule has 1 heterocycles. The Labute approximate surface area is 158 Å². The van der Waals surface area contributed by atoms with E-state index in [1.165, 1.54) is 11.3 Å². The third-order valence-corrected chi connectivity index (χ3v) is 4.88. The Morgan fingerprint density at radius 1 is 1.08 bits per heavy atom. The molecule has 0 atom stereocenters. The number of hydrogen-bond acceptors (Lipinski definition) is 4. The molecule has 0 unspecified atom stereocenters. The molecule has 1 amide bonds. The van der Waals surface area contributed by atoms with Crippen molar-refractivity contribution < 1.29 is 9.53 Å². The molecule has 0 aliphatic heterocycles. The topological polar surface area (TPSA) is 50.7 Å². The van der Waals surface area contributed by atoms with Gasteiger partial charge in [0.15, 0.2) is 0 Å². The summed E-state index contributed by atoms with van der Waals surface area (Å²) in [4.78, 5) is 13.3. The van der Waals surface area contributed by atoms with Gasteiger partial charge in [0.2, 0.25) is 0 Å². The first-order valence-electron chi connectivity index (χ1n) is 7.57. The van der Waals surface area contributed by atoms with Crippen molar-refractivity contribution in [2.45, 2.75) is 6.61 Å². The second-order valence-electron chi connectivity index (χ2n) is 5.11. The maximum Gasteiger partial charge on any atom is 0.275 e. The van der Waals surface area contributed by atoms with Gasteiger partial charge in [-0.05, 0) is 45.8 Å². The van der Waals surface area contributed by atoms with Gasteiger partial charge in [0.05, 0.1) is 15.6 Å². The predicted octanol–water partition coefficient (Wildman–Crippen LogP) is 4.85. The number of thiophene rings is 1. The second kappa shape index (κ2) is 8.60. The quantitative estimate of drug-likeness (QED) is 0.462. The molecule has 6 heteroatoms. The first-order valence-corrected chi connectivity index (χ1v) is 9.18. The molecule has 1 aromatic heterocycles. The highest BCUT2D eigenvalue weighted by Gasteiger charge is 2.11. The largest absolute Gasteiger partial charge is 0.488 e. The van der Waals surface area contributed by atoms with Crippen molar-refractivity contribution in [3.8, 4) is 5.75 Å². The van der Waals surface area contributed by atoms with Gasteiger partial charge >= 0.3 is 0 Å². The number of nitrogens with one attached hydrogen (secondary N) is 1. The van der Waals surface area contributed by atoms with E-state index < -0.39 is 0 Å². The Morgan fingerprint density at radius 3 is 2.60 bits per heavy atom. The van der Waals surface area contributed by atoms with Crippen LogP contribution in [0.1, 0.15) is 20.8 Å². The summed E-state index contributed by atoms with van der Waals surface area (Å²) in [5, 5.41) is 4.00. The Hall–Kier alpha value is -2.44. The summed E-state index contributed by atoms with van der Waals surface area (Å²) in [6.07, 6.45) is 1.61. The molecule has 0 aliphatic rings. The van der Waals surface area contributed by atoms with Gasteiger partial charge in [-0.2, -0.15) is 5.10 Å². The van der Waals surface area contributed by atoms with Crippen molar-refractivity contribution in [2.24, 2.45) is 5.10 Å². The van der Waals surface area contributed by atoms with Crippen LogP contribution in [0, 0.1) is 0 Å². The monoisotopic (exact) mass is 414 g/mol. The van der Waals surface area contributed by atoms with E-state index in [4.69, 9.17) is 4.74 Å². The number of nitrogens with zero attached hydrogens (tertiary/aromatic N) is 1. The van der Waals surface area contributed by atoms with Crippen LogP contribution in [0.2, 0.25) is 0 Å². The maximum absolute atomic E-state index is 12.4. The second-order valence-corrected chi connectivity index (χ2v) is 7.61. The highest BCUT2D eigenvalue weighted by Crippen LogP contribution is 2.21. The number of hydrogen-bond donors (Lipinski definition) is 1. The van der Waals surface area contributed by atoms with Crippen LogP contribution in [-0.4, -0.2) is 12.1 Å². The summed E-state index contributed by atoms with van der Waals surface area (Å²) in [5.74, 6) is 0.216. The van der Waals surface area contributed by atoms with Crippen LogP contribution in [-0.2, 0) is 6.61 Å². The van der Waals surface area contributed by atoms with Crippen molar-refractivity contribution in [3.63, 3.8) is 0 Å². The lowest BCUT2D eigenvalue weighted by atomic mass is 10.2. The van der Waals surface area contributed by atoms with Gasteiger partial charge in [-0.3, -0.25) is 4.79 Å². The van der Waals surface area contributed by atoms with Crippen LogP contribution < -0.4 is 10.2 Å². The van der Waals surface area contributed by atoms with Crippen molar-refractivity contribution >= 4 is 39.4 Å². The van der Waals surface area contributed by atoms with E-state index in [9.17, 15) is 4.79 Å². The lowest BCUT2D eigenvalue weighted by molar-refractivity contribution is 0.0950. The highest BCUT2D eigenvalue weighted by molar-refractivity contribution is 9.11. The molecule has 0 bridgehead atoms. The molecule has 0 aliphatic carbocycles. The highest BCUT2D eigenvalue weighted by atomic mass is 79.9. The summed E-state index contributed by atoms with van der Waals surface area (Å²) in [5.41, 5.74) is 4.03. The molecule has 25 heavy (non-hydrogen) atoms. The number of halogens is 1. The molecule has 4 nitrogen and oxygen atoms in total. The van der Waals surface area contributed by atoms with Gasteiger partial charge in [-0.25, -0.2) is 5.43 Å². The SMILES string of the molecule is O=C(NN=Cc1ccc(Br)s1)c1ccccc1OCc1ccccc1. The molecule has 0 saturated carbocycles. The number of carbonyl (C=O) groups is 1. The molecule has 126 valence electrons. The average molecular weight is 415 g/mol. The fourth-order valence-electron chi connectivity index (χ4n) is 2.13. The van der Waals surface area contributed by atoms with Gasteiger partial charge < -0.3 is 4.74 Å². The van der Waals surface area contributed by atoms with E-state index >= 15 is 0 Å². The van der Waals surface area contributed by atoms with E-state index in [1.54, 1.807) is 24.4 Å². The van der Waals surface area contributed by atoms with E-state index in [0.717, 1.165) is 14.2 Å². The fraction of sp³-hybridized carbons (Fsp3) is 0.0526. The first-order chi connectivity index (χ1) is 12.2. The van der Waals surface area contributed by atoms with Crippen molar-refractivity contribution in [3.05, 3.63) is 86.5 Å². The minimum atomic E-state index is -0.310. The van der Waals surface area contributed by atoms with E-state index in [0.29, 0.717) is 17.9 Å². The average Bonchev–Trinajstić information content (AvgIpc) is 3.06. The molecule has 0 saturated heterocycles. The summed E-state index contributed by atoms with van der Waals surface area (Å²) in [7, 11) is 0. The van der Waals surface area contributed by atoms with Crippen LogP contribution in [0.3, 0.4) is 0 Å². The van der Waals surface area contributed by atoms with Crippen molar-refractivity contribution in [1.29, 1.82) is 0 Å². The standard InChI is InChI=1S/C19H15BrN2O2S/c20-18-11-10-15(25-18)12-21-22-19(23)16-8-4-5-9-17(16)24-13-14-6-2-1-3-7-14/h1-12H,13H2,(H,22,23). The van der Waals surface area contributed by atoms with Crippen molar-refractivity contribution in [2.75, 3.05) is 0 Å². The molecule has 0 spiro atoms. The van der Waals surface area contributed by atoms with Gasteiger partial charge in [-0.15, -0.1) is 11.3 Å². The minimum absolute atomic E-state index is 0.310. The van der Waals surface area contributed by atoms with Crippen molar-refractivity contribution in [1.82, 2.24) is 5.43 Å². The van der Waals surface area contributed by atoms with Gasteiger partial charge in [0.1, 0.15) is 12.4 Å². The lowest BCUT2D eigenvalue weighted by Gasteiger charge is -2.10. The number of carbonyl (C=O) groups excluding carboxylic acids is 1. The number of benzene rings is 2. The molecule has 0 radical (unpaired) electrons. The zero-order chi connectivity index (χ0) is 17.5. The van der Waals surface area contributed by atoms with Crippen LogP contribution in [0.25, 0.3) is 0 Å². The predicted molar refractivity (Wildman–Crippen MR) is 104 cm³/mol. The number of rotatable bonds is 6. The number of para-hydroxylation sites is 1. The van der Waals surface area contributed by atoms with Gasteiger partial charge in [0.25, 0.3) is 5.91 Å². The summed E-state index contributed by atoms with van der Waals surface area (Å²) < 4.78 is 6.81. The third kappa shape index (κ3) is 5.01. The normalized spacial score (nSPS) is 10.8. The molecule has 2 aromatic carbocycles. The number of hydrazone groups is 1. The Morgan fingerprint density at radius 2 is 1.84 bits per heavy atom. The summed E-state index contributed by atoms with van der Waals surface area (Å²) in [6, 6.07) is 20.8. The molecular formula is C19H15BrN2O2S.